The molecular weight excluding hydrogens is 282 g/mol. The number of hydrogen-bond acceptors (Lipinski definition) is 5. The first-order valence-corrected chi connectivity index (χ1v) is 7.44. The van der Waals surface area contributed by atoms with Crippen molar-refractivity contribution in [2.45, 2.75) is 30.0 Å². The summed E-state index contributed by atoms with van der Waals surface area (Å²) in [5, 5.41) is 0.764. The Morgan fingerprint density at radius 1 is 1.59 bits per heavy atom. The van der Waals surface area contributed by atoms with E-state index >= 15 is 0 Å². The van der Waals surface area contributed by atoms with Crippen LogP contribution in [-0.2, 0) is 10.0 Å². The fourth-order valence-corrected chi connectivity index (χ4v) is 4.58. The highest BCUT2D eigenvalue weighted by Gasteiger charge is 2.30. The first-order chi connectivity index (χ1) is 7.50. The van der Waals surface area contributed by atoms with Gasteiger partial charge in [-0.1, -0.05) is 0 Å². The lowest BCUT2D eigenvalue weighted by atomic mass is 10.1. The molecule has 1 atom stereocenters. The highest BCUT2D eigenvalue weighted by molar-refractivity contribution is 7.91. The number of aryl methyl sites for hydroxylation is 1. The summed E-state index contributed by atoms with van der Waals surface area (Å²) in [4.78, 5) is 3.98. The number of aromatic nitrogens is 1. The van der Waals surface area contributed by atoms with Gasteiger partial charge >= 0.3 is 0 Å². The topological polar surface area (TPSA) is 76.3 Å². The summed E-state index contributed by atoms with van der Waals surface area (Å²) < 4.78 is 26.2. The average Bonchev–Trinajstić information content (AvgIpc) is 2.65. The number of thiazole rings is 1. The molecule has 0 radical (unpaired) electrons. The molecule has 1 saturated heterocycles. The molecule has 2 N–H and O–H groups in total. The van der Waals surface area contributed by atoms with Gasteiger partial charge < -0.3 is 5.73 Å². The summed E-state index contributed by atoms with van der Waals surface area (Å²) in [6.07, 6.45) is 3.15. The van der Waals surface area contributed by atoms with E-state index in [1.807, 2.05) is 0 Å². The van der Waals surface area contributed by atoms with E-state index in [9.17, 15) is 8.42 Å². The molecule has 1 unspecified atom stereocenters. The van der Waals surface area contributed by atoms with Gasteiger partial charge in [0.05, 0.1) is 11.2 Å². The summed E-state index contributed by atoms with van der Waals surface area (Å²) in [7, 11) is -3.36. The Morgan fingerprint density at radius 2 is 2.29 bits per heavy atom. The molecule has 0 spiro atoms. The predicted octanol–water partition coefficient (Wildman–Crippen LogP) is 0.985. The van der Waals surface area contributed by atoms with Gasteiger partial charge in [0.2, 0.25) is 0 Å². The normalized spacial score (nSPS) is 22.1. The van der Waals surface area contributed by atoms with Crippen molar-refractivity contribution in [3.63, 3.8) is 0 Å². The van der Waals surface area contributed by atoms with Gasteiger partial charge in [-0.3, -0.25) is 0 Å². The van der Waals surface area contributed by atoms with E-state index in [1.54, 1.807) is 6.92 Å². The number of nitrogens with zero attached hydrogens (tertiary/aromatic N) is 2. The first kappa shape index (κ1) is 14.8. The van der Waals surface area contributed by atoms with E-state index in [-0.39, 0.29) is 18.4 Å². The van der Waals surface area contributed by atoms with Gasteiger partial charge in [-0.25, -0.2) is 13.4 Å². The second-order valence-electron chi connectivity index (χ2n) is 3.96. The summed E-state index contributed by atoms with van der Waals surface area (Å²) in [5.74, 6) is 0. The van der Waals surface area contributed by atoms with Gasteiger partial charge in [0.25, 0.3) is 10.0 Å². The molecular formula is C9H16ClN3O2S2. The maximum Gasteiger partial charge on any atom is 0.254 e. The second-order valence-corrected chi connectivity index (χ2v) is 7.36. The van der Waals surface area contributed by atoms with Crippen molar-refractivity contribution in [3.8, 4) is 0 Å². The molecule has 0 aliphatic carbocycles. The van der Waals surface area contributed by atoms with Crippen LogP contribution in [0.3, 0.4) is 0 Å². The van der Waals surface area contributed by atoms with Crippen LogP contribution in [0.1, 0.15) is 17.8 Å². The maximum absolute atomic E-state index is 12.2. The van der Waals surface area contributed by atoms with Crippen LogP contribution in [0.5, 0.6) is 0 Å². The summed E-state index contributed by atoms with van der Waals surface area (Å²) >= 11 is 1.21. The molecule has 0 aromatic carbocycles. The smallest absolute Gasteiger partial charge is 0.254 e. The molecule has 1 fully saturated rings. The molecule has 8 heteroatoms. The zero-order chi connectivity index (χ0) is 11.8. The van der Waals surface area contributed by atoms with Crippen molar-refractivity contribution in [1.29, 1.82) is 0 Å². The van der Waals surface area contributed by atoms with Crippen molar-refractivity contribution in [2.75, 3.05) is 13.1 Å². The van der Waals surface area contributed by atoms with E-state index in [4.69, 9.17) is 5.73 Å². The molecule has 1 aliphatic heterocycles. The van der Waals surface area contributed by atoms with E-state index < -0.39 is 10.0 Å². The number of halogens is 1. The Bertz CT molecular complexity index is 474. The lowest BCUT2D eigenvalue weighted by Gasteiger charge is -2.29. The molecule has 2 heterocycles. The number of piperidine rings is 1. The third-order valence-electron chi connectivity index (χ3n) is 2.61. The van der Waals surface area contributed by atoms with E-state index in [2.05, 4.69) is 4.98 Å². The Morgan fingerprint density at radius 3 is 2.82 bits per heavy atom. The molecule has 1 aliphatic rings. The van der Waals surface area contributed by atoms with Crippen LogP contribution in [0.4, 0.5) is 0 Å². The van der Waals surface area contributed by atoms with Gasteiger partial charge in [0, 0.05) is 19.1 Å². The van der Waals surface area contributed by atoms with Crippen LogP contribution in [0.2, 0.25) is 0 Å². The lowest BCUT2D eigenvalue weighted by molar-refractivity contribution is 0.316. The van der Waals surface area contributed by atoms with Crippen molar-refractivity contribution in [1.82, 2.24) is 9.29 Å². The first-order valence-electron chi connectivity index (χ1n) is 5.18. The van der Waals surface area contributed by atoms with Crippen molar-refractivity contribution >= 4 is 33.8 Å². The van der Waals surface area contributed by atoms with Gasteiger partial charge in [-0.15, -0.1) is 23.7 Å². The van der Waals surface area contributed by atoms with Crippen LogP contribution in [-0.4, -0.2) is 36.8 Å². The SMILES string of the molecule is Cc1ncc(S(=O)(=O)N2CCCC(N)C2)s1.Cl. The number of rotatable bonds is 2. The Kier molecular flexibility index (Phi) is 4.91. The monoisotopic (exact) mass is 297 g/mol. The van der Waals surface area contributed by atoms with Crippen LogP contribution in [0.25, 0.3) is 0 Å². The maximum atomic E-state index is 12.2. The summed E-state index contributed by atoms with van der Waals surface area (Å²) in [6.45, 7) is 2.78. The standard InChI is InChI=1S/C9H15N3O2S2.ClH/c1-7-11-5-9(15-7)16(13,14)12-4-2-3-8(10)6-12;/h5,8H,2-4,6,10H2,1H3;1H. The fourth-order valence-electron chi connectivity index (χ4n) is 1.78. The second kappa shape index (κ2) is 5.62. The highest BCUT2D eigenvalue weighted by atomic mass is 35.5. The van der Waals surface area contributed by atoms with Crippen LogP contribution in [0, 0.1) is 6.92 Å². The minimum absolute atomic E-state index is 0. The zero-order valence-electron chi connectivity index (χ0n) is 9.50. The number of sulfonamides is 1. The van der Waals surface area contributed by atoms with Crippen molar-refractivity contribution < 1.29 is 8.42 Å². The van der Waals surface area contributed by atoms with E-state index in [0.717, 1.165) is 17.8 Å². The van der Waals surface area contributed by atoms with E-state index in [1.165, 1.54) is 21.8 Å². The molecule has 0 saturated carbocycles. The quantitative estimate of drug-likeness (QED) is 0.883. The van der Waals surface area contributed by atoms with Gasteiger partial charge in [-0.2, -0.15) is 4.31 Å². The molecule has 98 valence electrons. The largest absolute Gasteiger partial charge is 0.327 e. The summed E-state index contributed by atoms with van der Waals surface area (Å²) in [6, 6.07) is -0.0439. The molecule has 0 amide bonds. The Balaban J connectivity index is 0.00000144. The lowest BCUT2D eigenvalue weighted by Crippen LogP contribution is -2.45. The predicted molar refractivity (Wildman–Crippen MR) is 70.1 cm³/mol. The molecule has 1 aromatic rings. The molecule has 5 nitrogen and oxygen atoms in total. The number of nitrogens with two attached hydrogens (primary N) is 1. The molecule has 2 rings (SSSR count). The minimum Gasteiger partial charge on any atom is -0.327 e. The fraction of sp³-hybridized carbons (Fsp3) is 0.667. The molecule has 17 heavy (non-hydrogen) atoms. The van der Waals surface area contributed by atoms with Crippen LogP contribution >= 0.6 is 23.7 Å². The highest BCUT2D eigenvalue weighted by Crippen LogP contribution is 2.24. The molecule has 0 bridgehead atoms. The third kappa shape index (κ3) is 3.17. The summed E-state index contributed by atoms with van der Waals surface area (Å²) in [5.41, 5.74) is 5.79. The van der Waals surface area contributed by atoms with Gasteiger partial charge in [-0.05, 0) is 19.8 Å². The van der Waals surface area contributed by atoms with Gasteiger partial charge in [0.1, 0.15) is 0 Å². The van der Waals surface area contributed by atoms with E-state index in [0.29, 0.717) is 17.3 Å². The van der Waals surface area contributed by atoms with Crippen LogP contribution < -0.4 is 5.73 Å². The van der Waals surface area contributed by atoms with Crippen molar-refractivity contribution in [2.24, 2.45) is 5.73 Å². The third-order valence-corrected chi connectivity index (χ3v) is 5.83. The van der Waals surface area contributed by atoms with Crippen molar-refractivity contribution in [3.05, 3.63) is 11.2 Å². The van der Waals surface area contributed by atoms with Crippen LogP contribution in [0.15, 0.2) is 10.4 Å². The minimum atomic E-state index is -3.36. The Hall–Kier alpha value is -0.210. The average molecular weight is 298 g/mol. The zero-order valence-corrected chi connectivity index (χ0v) is 11.9. The number of hydrogen-bond donors (Lipinski definition) is 1. The van der Waals surface area contributed by atoms with Gasteiger partial charge in [0.15, 0.2) is 4.21 Å². The Labute approximate surface area is 111 Å². The molecule has 1 aromatic heterocycles.